The molecule has 0 atom stereocenters. The topological polar surface area (TPSA) is 105 Å². The number of pyridine rings is 1. The second kappa shape index (κ2) is 7.39. The van der Waals surface area contributed by atoms with Crippen molar-refractivity contribution in [1.82, 2.24) is 20.2 Å². The van der Waals surface area contributed by atoms with Crippen LogP contribution in [0.1, 0.15) is 12.6 Å². The number of aromatic amines is 1. The monoisotopic (exact) mass is 306 g/mol. The maximum atomic E-state index is 11.0. The second-order valence-electron chi connectivity index (χ2n) is 3.86. The lowest BCUT2D eigenvalue weighted by atomic mass is 10.3. The summed E-state index contributed by atoms with van der Waals surface area (Å²) in [6.07, 6.45) is 1.70. The average Bonchev–Trinajstić information content (AvgIpc) is 2.99. The van der Waals surface area contributed by atoms with Crippen molar-refractivity contribution < 1.29 is 9.53 Å². The highest BCUT2D eigenvalue weighted by Gasteiger charge is 2.07. The Morgan fingerprint density at radius 1 is 1.52 bits per heavy atom. The summed E-state index contributed by atoms with van der Waals surface area (Å²) in [5.74, 6) is 0.213. The number of ether oxygens (including phenoxy) is 1. The van der Waals surface area contributed by atoms with Crippen LogP contribution in [0.2, 0.25) is 0 Å². The number of carbonyl (C=O) groups is 1. The van der Waals surface area contributed by atoms with Gasteiger partial charge < -0.3 is 4.74 Å². The number of esters is 1. The highest BCUT2D eigenvalue weighted by Crippen LogP contribution is 2.14. The lowest BCUT2D eigenvalue weighted by Crippen LogP contribution is -2.03. The number of hydrogen-bond acceptors (Lipinski definition) is 8. The third-order valence-electron chi connectivity index (χ3n) is 2.38. The van der Waals surface area contributed by atoms with Gasteiger partial charge in [-0.3, -0.25) is 9.78 Å². The van der Waals surface area contributed by atoms with Gasteiger partial charge in [-0.1, -0.05) is 17.8 Å². The highest BCUT2D eigenvalue weighted by molar-refractivity contribution is 7.99. The summed E-state index contributed by atoms with van der Waals surface area (Å²) in [4.78, 5) is 19.3. The van der Waals surface area contributed by atoms with Crippen LogP contribution in [0.15, 0.2) is 34.7 Å². The fraction of sp³-hybridized carbons (Fsp3) is 0.250. The van der Waals surface area contributed by atoms with Crippen LogP contribution in [0, 0.1) is 0 Å². The molecule has 0 aliphatic rings. The minimum Gasteiger partial charge on any atom is -0.468 e. The molecule has 0 bridgehead atoms. The van der Waals surface area contributed by atoms with Gasteiger partial charge in [0.25, 0.3) is 0 Å². The van der Waals surface area contributed by atoms with Crippen molar-refractivity contribution >= 4 is 29.4 Å². The van der Waals surface area contributed by atoms with E-state index >= 15 is 0 Å². The van der Waals surface area contributed by atoms with Gasteiger partial charge in [-0.25, -0.2) is 10.5 Å². The van der Waals surface area contributed by atoms with Crippen LogP contribution in [-0.2, 0) is 9.53 Å². The van der Waals surface area contributed by atoms with Crippen molar-refractivity contribution in [2.75, 3.05) is 18.3 Å². The molecule has 0 aliphatic carbocycles. The number of carbonyl (C=O) groups excluding carboxylic acids is 1. The Labute approximate surface area is 125 Å². The summed E-state index contributed by atoms with van der Waals surface area (Å²) in [7, 11) is 1.34. The van der Waals surface area contributed by atoms with Crippen molar-refractivity contribution in [3.05, 3.63) is 30.1 Å². The molecule has 0 fully saturated rings. The second-order valence-corrected chi connectivity index (χ2v) is 4.80. The Hall–Kier alpha value is -2.42. The number of hydrogen-bond donors (Lipinski definition) is 2. The number of thioether (sulfide) groups is 1. The smallest absolute Gasteiger partial charge is 0.316 e. The summed E-state index contributed by atoms with van der Waals surface area (Å²) < 4.78 is 4.54. The molecule has 0 saturated heterocycles. The first kappa shape index (κ1) is 15.0. The minimum atomic E-state index is -0.330. The maximum absolute atomic E-state index is 11.0. The predicted octanol–water partition coefficient (Wildman–Crippen LogP) is 1.30. The molecule has 2 heterocycles. The number of hydrazone groups is 1. The molecule has 0 saturated carbocycles. The zero-order valence-electron chi connectivity index (χ0n) is 11.5. The number of methoxy groups -OCH3 is 1. The molecule has 2 aromatic rings. The summed E-state index contributed by atoms with van der Waals surface area (Å²) in [5, 5.41) is 11.2. The number of aromatic nitrogens is 4. The minimum absolute atomic E-state index is 0.157. The number of rotatable bonds is 6. The molecule has 0 radical (unpaired) electrons. The van der Waals surface area contributed by atoms with Gasteiger partial charge in [-0.05, 0) is 19.1 Å². The zero-order chi connectivity index (χ0) is 15.1. The molecule has 0 amide bonds. The largest absolute Gasteiger partial charge is 0.468 e. The van der Waals surface area contributed by atoms with Gasteiger partial charge in [-0.2, -0.15) is 10.1 Å². The van der Waals surface area contributed by atoms with E-state index < -0.39 is 0 Å². The van der Waals surface area contributed by atoms with Gasteiger partial charge >= 0.3 is 5.97 Å². The van der Waals surface area contributed by atoms with Gasteiger partial charge in [-0.15, -0.1) is 5.10 Å². The van der Waals surface area contributed by atoms with Crippen LogP contribution in [0.3, 0.4) is 0 Å². The number of nitrogens with zero attached hydrogens (tertiary/aromatic N) is 4. The van der Waals surface area contributed by atoms with Crippen LogP contribution in [0.25, 0.3) is 0 Å². The SMILES string of the molecule is COC(=O)CSc1n[nH]c(N/N=C(\C)c2ccccn2)n1. The van der Waals surface area contributed by atoms with E-state index in [1.54, 1.807) is 6.20 Å². The molecule has 2 rings (SSSR count). The fourth-order valence-corrected chi connectivity index (χ4v) is 1.95. The van der Waals surface area contributed by atoms with Gasteiger partial charge in [0.15, 0.2) is 0 Å². The molecule has 0 aliphatic heterocycles. The van der Waals surface area contributed by atoms with E-state index in [2.05, 4.69) is 35.4 Å². The van der Waals surface area contributed by atoms with E-state index in [1.807, 2.05) is 25.1 Å². The molecule has 0 unspecified atom stereocenters. The van der Waals surface area contributed by atoms with E-state index in [4.69, 9.17) is 0 Å². The summed E-state index contributed by atoms with van der Waals surface area (Å²) >= 11 is 1.18. The number of nitrogens with one attached hydrogen (secondary N) is 2. The van der Waals surface area contributed by atoms with Crippen LogP contribution < -0.4 is 5.43 Å². The zero-order valence-corrected chi connectivity index (χ0v) is 12.3. The molecule has 110 valence electrons. The maximum Gasteiger partial charge on any atom is 0.316 e. The van der Waals surface area contributed by atoms with E-state index in [1.165, 1.54) is 18.9 Å². The van der Waals surface area contributed by atoms with E-state index in [0.29, 0.717) is 11.1 Å². The van der Waals surface area contributed by atoms with Gasteiger partial charge in [0.2, 0.25) is 11.1 Å². The van der Waals surface area contributed by atoms with Crippen molar-refractivity contribution in [2.45, 2.75) is 12.1 Å². The first-order valence-corrected chi connectivity index (χ1v) is 7.01. The Kier molecular flexibility index (Phi) is 5.27. The average molecular weight is 306 g/mol. The quantitative estimate of drug-likeness (QED) is 0.358. The van der Waals surface area contributed by atoms with E-state index in [-0.39, 0.29) is 11.7 Å². The van der Waals surface area contributed by atoms with Crippen molar-refractivity contribution in [3.63, 3.8) is 0 Å². The van der Waals surface area contributed by atoms with Crippen LogP contribution in [0.4, 0.5) is 5.95 Å². The highest BCUT2D eigenvalue weighted by atomic mass is 32.2. The lowest BCUT2D eigenvalue weighted by molar-refractivity contribution is -0.137. The Bertz CT molecular complexity index is 628. The normalized spacial score (nSPS) is 11.2. The summed E-state index contributed by atoms with van der Waals surface area (Å²) in [5.41, 5.74) is 4.24. The summed E-state index contributed by atoms with van der Waals surface area (Å²) in [6.45, 7) is 1.83. The van der Waals surface area contributed by atoms with Crippen LogP contribution in [-0.4, -0.2) is 44.7 Å². The molecule has 8 nitrogen and oxygen atoms in total. The van der Waals surface area contributed by atoms with Gasteiger partial charge in [0, 0.05) is 6.20 Å². The fourth-order valence-electron chi connectivity index (χ4n) is 1.31. The number of H-pyrrole nitrogens is 1. The predicted molar refractivity (Wildman–Crippen MR) is 79.2 cm³/mol. The van der Waals surface area contributed by atoms with E-state index in [9.17, 15) is 4.79 Å². The molecular formula is C12H14N6O2S. The van der Waals surface area contributed by atoms with Gasteiger partial charge in [0.1, 0.15) is 0 Å². The number of anilines is 1. The Morgan fingerprint density at radius 2 is 2.38 bits per heavy atom. The standard InChI is InChI=1S/C12H14N6O2S/c1-8(9-5-3-4-6-13-9)15-16-11-14-12(18-17-11)21-7-10(19)20-2/h3-6H,7H2,1-2H3,(H2,14,16,17,18)/b15-8+. The third-order valence-corrected chi connectivity index (χ3v) is 3.20. The Morgan fingerprint density at radius 3 is 3.10 bits per heavy atom. The van der Waals surface area contributed by atoms with Crippen molar-refractivity contribution in [3.8, 4) is 0 Å². The van der Waals surface area contributed by atoms with Crippen LogP contribution >= 0.6 is 11.8 Å². The first-order chi connectivity index (χ1) is 10.2. The van der Waals surface area contributed by atoms with Crippen LogP contribution in [0.5, 0.6) is 0 Å². The molecular weight excluding hydrogens is 292 g/mol. The van der Waals surface area contributed by atoms with Crippen molar-refractivity contribution in [1.29, 1.82) is 0 Å². The molecule has 0 spiro atoms. The molecule has 9 heteroatoms. The molecule has 2 aromatic heterocycles. The first-order valence-electron chi connectivity index (χ1n) is 6.02. The lowest BCUT2D eigenvalue weighted by Gasteiger charge is -1.99. The Balaban J connectivity index is 1.92. The molecule has 21 heavy (non-hydrogen) atoms. The summed E-state index contributed by atoms with van der Waals surface area (Å²) in [6, 6.07) is 5.58. The van der Waals surface area contributed by atoms with Gasteiger partial charge in [0.05, 0.1) is 24.3 Å². The third kappa shape index (κ3) is 4.56. The van der Waals surface area contributed by atoms with E-state index in [0.717, 1.165) is 11.4 Å². The molecule has 2 N–H and O–H groups in total. The molecule has 0 aromatic carbocycles. The van der Waals surface area contributed by atoms with Crippen molar-refractivity contribution in [2.24, 2.45) is 5.10 Å².